The van der Waals surface area contributed by atoms with E-state index in [1.165, 1.54) is 11.1 Å². The Labute approximate surface area is 172 Å². The summed E-state index contributed by atoms with van der Waals surface area (Å²) in [5.41, 5.74) is 4.14. The molecule has 0 spiro atoms. The molecule has 0 bridgehead atoms. The number of hydrogen-bond donors (Lipinski definition) is 2. The predicted molar refractivity (Wildman–Crippen MR) is 115 cm³/mol. The minimum atomic E-state index is -0.181. The van der Waals surface area contributed by atoms with Crippen LogP contribution in [0.25, 0.3) is 0 Å². The first-order valence-corrected chi connectivity index (χ1v) is 10.7. The van der Waals surface area contributed by atoms with Gasteiger partial charge in [-0.2, -0.15) is 0 Å². The molecule has 5 heteroatoms. The van der Waals surface area contributed by atoms with Gasteiger partial charge >= 0.3 is 6.03 Å². The quantitative estimate of drug-likeness (QED) is 0.768. The van der Waals surface area contributed by atoms with Crippen molar-refractivity contribution in [2.24, 2.45) is 0 Å². The van der Waals surface area contributed by atoms with Crippen molar-refractivity contribution in [3.8, 4) is 0 Å². The molecule has 0 radical (unpaired) electrons. The molecule has 1 saturated carbocycles. The van der Waals surface area contributed by atoms with Crippen LogP contribution in [0.15, 0.2) is 48.5 Å². The van der Waals surface area contributed by atoms with Gasteiger partial charge in [-0.3, -0.25) is 4.79 Å². The smallest absolute Gasteiger partial charge is 0.319 e. The third kappa shape index (κ3) is 4.78. The Bertz CT molecular complexity index is 874. The molecule has 0 heterocycles. The van der Waals surface area contributed by atoms with E-state index < -0.39 is 0 Å². The molecule has 2 aromatic carbocycles. The third-order valence-corrected chi connectivity index (χ3v) is 5.79. The van der Waals surface area contributed by atoms with Gasteiger partial charge in [0.05, 0.1) is 0 Å². The fraction of sp³-hybridized carbons (Fsp3) is 0.417. The summed E-state index contributed by atoms with van der Waals surface area (Å²) < 4.78 is 0. The molecule has 1 fully saturated rings. The van der Waals surface area contributed by atoms with Crippen LogP contribution >= 0.6 is 0 Å². The highest BCUT2D eigenvalue weighted by atomic mass is 16.2. The molecular formula is C24H29N3O2. The number of benzene rings is 2. The number of aryl methyl sites for hydroxylation is 1. The van der Waals surface area contributed by atoms with Crippen molar-refractivity contribution in [1.29, 1.82) is 0 Å². The molecule has 2 aromatic rings. The zero-order valence-electron chi connectivity index (χ0n) is 17.0. The number of fused-ring (bicyclic) bond motifs is 1. The highest BCUT2D eigenvalue weighted by molar-refractivity contribution is 5.96. The lowest BCUT2D eigenvalue weighted by Crippen LogP contribution is -2.43. The topological polar surface area (TPSA) is 61.4 Å². The van der Waals surface area contributed by atoms with Gasteiger partial charge in [-0.15, -0.1) is 0 Å². The number of hydrogen-bond acceptors (Lipinski definition) is 2. The molecule has 4 rings (SSSR count). The minimum Gasteiger partial charge on any atom is -0.335 e. The Balaban J connectivity index is 1.43. The van der Waals surface area contributed by atoms with E-state index in [0.29, 0.717) is 17.3 Å². The van der Waals surface area contributed by atoms with Crippen molar-refractivity contribution < 1.29 is 9.59 Å². The Morgan fingerprint density at radius 1 is 1.00 bits per heavy atom. The molecular weight excluding hydrogens is 362 g/mol. The van der Waals surface area contributed by atoms with E-state index in [-0.39, 0.29) is 18.0 Å². The van der Waals surface area contributed by atoms with Gasteiger partial charge in [0.25, 0.3) is 5.91 Å². The summed E-state index contributed by atoms with van der Waals surface area (Å²) >= 11 is 0. The van der Waals surface area contributed by atoms with Gasteiger partial charge < -0.3 is 15.5 Å². The maximum atomic E-state index is 13.3. The maximum Gasteiger partial charge on any atom is 0.319 e. The van der Waals surface area contributed by atoms with Crippen LogP contribution in [-0.2, 0) is 12.8 Å². The van der Waals surface area contributed by atoms with Gasteiger partial charge in [-0.25, -0.2) is 4.79 Å². The summed E-state index contributed by atoms with van der Waals surface area (Å²) in [6.45, 7) is 2.87. The van der Waals surface area contributed by atoms with Gasteiger partial charge in [0.1, 0.15) is 0 Å². The van der Waals surface area contributed by atoms with Crippen LogP contribution in [0.3, 0.4) is 0 Å². The number of nitrogens with zero attached hydrogens (tertiary/aromatic N) is 1. The standard InChI is InChI=1S/C24H29N3O2/c1-2-15-27(22-14-9-17-5-3-4-6-19(17)16-22)23(28)18-7-10-20(11-8-18)25-24(29)26-21-12-13-21/h3-8,10-11,21-22H,2,9,12-16H2,1H3,(H2,25,26,29). The molecule has 2 aliphatic carbocycles. The lowest BCUT2D eigenvalue weighted by Gasteiger charge is -2.35. The molecule has 1 atom stereocenters. The van der Waals surface area contributed by atoms with Crippen molar-refractivity contribution in [3.63, 3.8) is 0 Å². The molecule has 2 aliphatic rings. The number of urea groups is 1. The second-order valence-electron chi connectivity index (χ2n) is 8.11. The zero-order valence-corrected chi connectivity index (χ0v) is 17.0. The first kappa shape index (κ1) is 19.5. The second-order valence-corrected chi connectivity index (χ2v) is 8.11. The van der Waals surface area contributed by atoms with Crippen LogP contribution in [0.1, 0.15) is 54.1 Å². The number of nitrogens with one attached hydrogen (secondary N) is 2. The molecule has 0 saturated heterocycles. The molecule has 5 nitrogen and oxygen atoms in total. The van der Waals surface area contributed by atoms with E-state index in [1.807, 2.05) is 17.0 Å². The summed E-state index contributed by atoms with van der Waals surface area (Å²) in [6, 6.07) is 16.2. The van der Waals surface area contributed by atoms with Crippen molar-refractivity contribution in [2.75, 3.05) is 11.9 Å². The summed E-state index contributed by atoms with van der Waals surface area (Å²) in [5, 5.41) is 5.73. The Hall–Kier alpha value is -2.82. The maximum absolute atomic E-state index is 13.3. The highest BCUT2D eigenvalue weighted by Crippen LogP contribution is 2.26. The van der Waals surface area contributed by atoms with E-state index >= 15 is 0 Å². The van der Waals surface area contributed by atoms with E-state index in [9.17, 15) is 9.59 Å². The first-order chi connectivity index (χ1) is 14.1. The Kier molecular flexibility index (Phi) is 5.84. The van der Waals surface area contributed by atoms with Crippen LogP contribution in [0.2, 0.25) is 0 Å². The van der Waals surface area contributed by atoms with Crippen LogP contribution in [0.4, 0.5) is 10.5 Å². The van der Waals surface area contributed by atoms with Crippen molar-refractivity contribution in [3.05, 3.63) is 65.2 Å². The molecule has 2 N–H and O–H groups in total. The van der Waals surface area contributed by atoms with Crippen LogP contribution < -0.4 is 10.6 Å². The van der Waals surface area contributed by atoms with Gasteiger partial charge in [0, 0.05) is 29.9 Å². The summed E-state index contributed by atoms with van der Waals surface area (Å²) in [4.78, 5) is 27.2. The Morgan fingerprint density at radius 3 is 2.41 bits per heavy atom. The lowest BCUT2D eigenvalue weighted by molar-refractivity contribution is 0.0661. The number of anilines is 1. The summed E-state index contributed by atoms with van der Waals surface area (Å²) in [5.74, 6) is 0.0743. The fourth-order valence-corrected chi connectivity index (χ4v) is 4.08. The van der Waals surface area contributed by atoms with Crippen LogP contribution in [0.5, 0.6) is 0 Å². The molecule has 1 unspecified atom stereocenters. The van der Waals surface area contributed by atoms with Crippen LogP contribution in [0, 0.1) is 0 Å². The molecule has 0 aromatic heterocycles. The second kappa shape index (κ2) is 8.68. The van der Waals surface area contributed by atoms with E-state index in [0.717, 1.165) is 45.1 Å². The number of amides is 3. The first-order valence-electron chi connectivity index (χ1n) is 10.7. The van der Waals surface area contributed by atoms with Gasteiger partial charge in [-0.1, -0.05) is 31.2 Å². The van der Waals surface area contributed by atoms with E-state index in [1.54, 1.807) is 12.1 Å². The fourth-order valence-electron chi connectivity index (χ4n) is 4.08. The molecule has 0 aliphatic heterocycles. The lowest BCUT2D eigenvalue weighted by atomic mass is 9.87. The third-order valence-electron chi connectivity index (χ3n) is 5.79. The predicted octanol–water partition coefficient (Wildman–Crippen LogP) is 4.38. The molecule has 29 heavy (non-hydrogen) atoms. The number of rotatable bonds is 6. The van der Waals surface area contributed by atoms with Crippen molar-refractivity contribution >= 4 is 17.6 Å². The van der Waals surface area contributed by atoms with E-state index in [2.05, 4.69) is 41.8 Å². The molecule has 152 valence electrons. The number of carbonyl (C=O) groups excluding carboxylic acids is 2. The average Bonchev–Trinajstić information content (AvgIpc) is 3.55. The average molecular weight is 392 g/mol. The van der Waals surface area contributed by atoms with E-state index in [4.69, 9.17) is 0 Å². The number of carbonyl (C=O) groups is 2. The van der Waals surface area contributed by atoms with Crippen molar-refractivity contribution in [2.45, 2.75) is 57.5 Å². The summed E-state index contributed by atoms with van der Waals surface area (Å²) in [7, 11) is 0. The van der Waals surface area contributed by atoms with Crippen LogP contribution in [-0.4, -0.2) is 35.5 Å². The summed E-state index contributed by atoms with van der Waals surface area (Å²) in [6.07, 6.45) is 5.99. The zero-order chi connectivity index (χ0) is 20.2. The van der Waals surface area contributed by atoms with Gasteiger partial charge in [0.2, 0.25) is 0 Å². The SMILES string of the molecule is CCCN(C(=O)c1ccc(NC(=O)NC2CC2)cc1)C1CCc2ccccc2C1. The highest BCUT2D eigenvalue weighted by Gasteiger charge is 2.28. The van der Waals surface area contributed by atoms with Gasteiger partial charge in [-0.05, 0) is 73.9 Å². The van der Waals surface area contributed by atoms with Gasteiger partial charge in [0.15, 0.2) is 0 Å². The molecule has 3 amide bonds. The minimum absolute atomic E-state index is 0.0743. The largest absolute Gasteiger partial charge is 0.335 e. The monoisotopic (exact) mass is 391 g/mol. The Morgan fingerprint density at radius 2 is 1.72 bits per heavy atom. The van der Waals surface area contributed by atoms with Crippen molar-refractivity contribution in [1.82, 2.24) is 10.2 Å². The normalized spacial score (nSPS) is 17.9.